The molecule has 9 heteroatoms. The van der Waals surface area contributed by atoms with Gasteiger partial charge in [0.15, 0.2) is 0 Å². The van der Waals surface area contributed by atoms with Gasteiger partial charge in [0.1, 0.15) is 17.8 Å². The highest BCUT2D eigenvalue weighted by molar-refractivity contribution is 5.26. The summed E-state index contributed by atoms with van der Waals surface area (Å²) in [6, 6.07) is 5.75. The number of aromatic amines is 1. The molecule has 4 heterocycles. The molecule has 144 valence electrons. The fourth-order valence-corrected chi connectivity index (χ4v) is 3.68. The van der Waals surface area contributed by atoms with E-state index < -0.39 is 0 Å². The van der Waals surface area contributed by atoms with Crippen molar-refractivity contribution in [1.82, 2.24) is 29.4 Å². The van der Waals surface area contributed by atoms with E-state index in [1.54, 1.807) is 6.07 Å². The number of H-pyrrole nitrogens is 1. The van der Waals surface area contributed by atoms with Crippen LogP contribution in [0.1, 0.15) is 23.6 Å². The molecule has 0 saturated carbocycles. The molecule has 0 spiro atoms. The molecule has 0 unspecified atom stereocenters. The van der Waals surface area contributed by atoms with Gasteiger partial charge in [-0.15, -0.1) is 0 Å². The normalized spacial score (nSPS) is 19.1. The number of hydrogen-bond donors (Lipinski definition) is 2. The second-order valence-electron chi connectivity index (χ2n) is 6.99. The maximum absolute atomic E-state index is 12.1. The van der Waals surface area contributed by atoms with Crippen LogP contribution in [0.5, 0.6) is 0 Å². The minimum Gasteiger partial charge on any atom is -0.465 e. The summed E-state index contributed by atoms with van der Waals surface area (Å²) in [6.07, 6.45) is 2.16. The second kappa shape index (κ2) is 7.63. The molecule has 0 aromatic carbocycles. The Balaban J connectivity index is 1.44. The molecule has 1 atom stereocenters. The SMILES string of the molecule is Cc1ccc(CN2CCN(Cc3cc(=O)n4[nH]cnc4n3)C[C@@H]2CCO)o1. The predicted molar refractivity (Wildman–Crippen MR) is 98.2 cm³/mol. The lowest BCUT2D eigenvalue weighted by Crippen LogP contribution is -2.52. The van der Waals surface area contributed by atoms with E-state index in [-0.39, 0.29) is 18.2 Å². The maximum atomic E-state index is 12.1. The number of aryl methyl sites for hydroxylation is 1. The zero-order valence-corrected chi connectivity index (χ0v) is 15.3. The first-order chi connectivity index (χ1) is 13.1. The highest BCUT2D eigenvalue weighted by Crippen LogP contribution is 2.19. The fourth-order valence-electron chi connectivity index (χ4n) is 3.68. The van der Waals surface area contributed by atoms with Crippen molar-refractivity contribution in [3.05, 3.63) is 52.1 Å². The van der Waals surface area contributed by atoms with E-state index in [0.717, 1.165) is 37.7 Å². The molecule has 1 aliphatic heterocycles. The van der Waals surface area contributed by atoms with Gasteiger partial charge in [-0.1, -0.05) is 0 Å². The summed E-state index contributed by atoms with van der Waals surface area (Å²) >= 11 is 0. The molecule has 2 N–H and O–H groups in total. The van der Waals surface area contributed by atoms with Gasteiger partial charge in [0.25, 0.3) is 11.3 Å². The van der Waals surface area contributed by atoms with Gasteiger partial charge in [0, 0.05) is 44.9 Å². The molecule has 9 nitrogen and oxygen atoms in total. The summed E-state index contributed by atoms with van der Waals surface area (Å²) in [4.78, 5) is 25.2. The first-order valence-corrected chi connectivity index (χ1v) is 9.17. The molecule has 0 radical (unpaired) electrons. The Morgan fingerprint density at radius 1 is 1.33 bits per heavy atom. The lowest BCUT2D eigenvalue weighted by molar-refractivity contribution is 0.0449. The van der Waals surface area contributed by atoms with Crippen molar-refractivity contribution >= 4 is 5.78 Å². The van der Waals surface area contributed by atoms with Gasteiger partial charge in [-0.3, -0.25) is 19.7 Å². The van der Waals surface area contributed by atoms with Crippen LogP contribution in [0.15, 0.2) is 33.7 Å². The van der Waals surface area contributed by atoms with Crippen LogP contribution in [0, 0.1) is 6.92 Å². The van der Waals surface area contributed by atoms with E-state index in [1.165, 1.54) is 10.8 Å². The van der Waals surface area contributed by atoms with Gasteiger partial charge in [0.2, 0.25) is 0 Å². The lowest BCUT2D eigenvalue weighted by atomic mass is 10.1. The minimum atomic E-state index is -0.161. The van der Waals surface area contributed by atoms with Crippen molar-refractivity contribution in [2.75, 3.05) is 26.2 Å². The number of rotatable bonds is 6. The summed E-state index contributed by atoms with van der Waals surface area (Å²) in [6.45, 7) is 5.96. The molecule has 4 rings (SSSR count). The number of piperazine rings is 1. The monoisotopic (exact) mass is 372 g/mol. The van der Waals surface area contributed by atoms with Gasteiger partial charge >= 0.3 is 0 Å². The molecule has 1 aliphatic rings. The Morgan fingerprint density at radius 3 is 3.00 bits per heavy atom. The number of furan rings is 1. The first-order valence-electron chi connectivity index (χ1n) is 9.17. The van der Waals surface area contributed by atoms with E-state index in [2.05, 4.69) is 24.9 Å². The van der Waals surface area contributed by atoms with E-state index in [9.17, 15) is 9.90 Å². The zero-order valence-electron chi connectivity index (χ0n) is 15.3. The second-order valence-corrected chi connectivity index (χ2v) is 6.99. The molecule has 1 fully saturated rings. The first kappa shape index (κ1) is 17.9. The number of aliphatic hydroxyl groups is 1. The third kappa shape index (κ3) is 3.95. The Morgan fingerprint density at radius 2 is 2.22 bits per heavy atom. The quantitative estimate of drug-likeness (QED) is 0.645. The number of nitrogens with one attached hydrogen (secondary N) is 1. The van der Waals surface area contributed by atoms with Crippen LogP contribution in [0.4, 0.5) is 0 Å². The third-order valence-corrected chi connectivity index (χ3v) is 5.01. The minimum absolute atomic E-state index is 0.144. The van der Waals surface area contributed by atoms with Crippen LogP contribution in [0.3, 0.4) is 0 Å². The van der Waals surface area contributed by atoms with Gasteiger partial charge in [0.05, 0.1) is 12.2 Å². The zero-order chi connectivity index (χ0) is 18.8. The van der Waals surface area contributed by atoms with Gasteiger partial charge in [-0.05, 0) is 25.5 Å². The molecule has 0 bridgehead atoms. The van der Waals surface area contributed by atoms with E-state index in [4.69, 9.17) is 4.42 Å². The molecule has 3 aromatic heterocycles. The lowest BCUT2D eigenvalue weighted by Gasteiger charge is -2.41. The summed E-state index contributed by atoms with van der Waals surface area (Å²) in [5, 5.41) is 12.2. The van der Waals surface area contributed by atoms with Crippen LogP contribution in [0.2, 0.25) is 0 Å². The molecule has 1 saturated heterocycles. The van der Waals surface area contributed by atoms with Gasteiger partial charge in [-0.2, -0.15) is 4.52 Å². The number of hydrogen-bond acceptors (Lipinski definition) is 7. The van der Waals surface area contributed by atoms with Crippen molar-refractivity contribution < 1.29 is 9.52 Å². The average molecular weight is 372 g/mol. The van der Waals surface area contributed by atoms with Crippen molar-refractivity contribution in [3.63, 3.8) is 0 Å². The highest BCUT2D eigenvalue weighted by atomic mass is 16.3. The molecule has 0 aliphatic carbocycles. The molecule has 0 amide bonds. The van der Waals surface area contributed by atoms with E-state index in [1.807, 2.05) is 19.1 Å². The van der Waals surface area contributed by atoms with Gasteiger partial charge < -0.3 is 9.52 Å². The number of fused-ring (bicyclic) bond motifs is 1. The van der Waals surface area contributed by atoms with Crippen LogP contribution in [-0.2, 0) is 13.1 Å². The Labute approximate surface area is 156 Å². The van der Waals surface area contributed by atoms with Crippen LogP contribution >= 0.6 is 0 Å². The summed E-state index contributed by atoms with van der Waals surface area (Å²) in [7, 11) is 0. The van der Waals surface area contributed by atoms with Crippen molar-refractivity contribution in [3.8, 4) is 0 Å². The molecule has 27 heavy (non-hydrogen) atoms. The van der Waals surface area contributed by atoms with Crippen LogP contribution < -0.4 is 5.56 Å². The predicted octanol–water partition coefficient (Wildman–Crippen LogP) is 0.388. The van der Waals surface area contributed by atoms with Crippen molar-refractivity contribution in [2.24, 2.45) is 0 Å². The summed E-state index contributed by atoms with van der Waals surface area (Å²) < 4.78 is 7.03. The fraction of sp³-hybridized carbons (Fsp3) is 0.500. The standard InChI is InChI=1S/C18H24N6O3/c1-13-2-3-16(27-13)11-23-6-5-22(10-15(23)4-7-25)9-14-8-17(26)24-18(21-14)19-12-20-24/h2-3,8,12,15,25H,4-7,9-11H2,1H3,(H,19,20,21)/t15-/m0/s1. The van der Waals surface area contributed by atoms with Gasteiger partial charge in [-0.25, -0.2) is 9.97 Å². The van der Waals surface area contributed by atoms with Crippen LogP contribution in [-0.4, -0.2) is 66.8 Å². The topological polar surface area (TPSA) is 103 Å². The average Bonchev–Trinajstić information content (AvgIpc) is 3.26. The molecular weight excluding hydrogens is 348 g/mol. The third-order valence-electron chi connectivity index (χ3n) is 5.01. The van der Waals surface area contributed by atoms with E-state index >= 15 is 0 Å². The van der Waals surface area contributed by atoms with Crippen molar-refractivity contribution in [2.45, 2.75) is 32.5 Å². The van der Waals surface area contributed by atoms with E-state index in [0.29, 0.717) is 24.4 Å². The number of aliphatic hydroxyl groups excluding tert-OH is 1. The molecular formula is C18H24N6O3. The highest BCUT2D eigenvalue weighted by Gasteiger charge is 2.27. The number of nitrogens with zero attached hydrogens (tertiary/aromatic N) is 5. The van der Waals surface area contributed by atoms with Crippen LogP contribution in [0.25, 0.3) is 5.78 Å². The summed E-state index contributed by atoms with van der Waals surface area (Å²) in [5.74, 6) is 2.24. The Kier molecular flexibility index (Phi) is 5.06. The maximum Gasteiger partial charge on any atom is 0.274 e. The van der Waals surface area contributed by atoms with Crippen molar-refractivity contribution in [1.29, 1.82) is 0 Å². The summed E-state index contributed by atoms with van der Waals surface area (Å²) in [5.41, 5.74) is 0.552. The Hall–Kier alpha value is -2.49. The number of aromatic nitrogens is 4. The Bertz CT molecular complexity index is 961. The smallest absolute Gasteiger partial charge is 0.274 e. The molecule has 3 aromatic rings. The largest absolute Gasteiger partial charge is 0.465 e.